The molecule has 2 aromatic heterocycles. The minimum absolute atomic E-state index is 0. The molecule has 0 aliphatic carbocycles. The van der Waals surface area contributed by atoms with Crippen LogP contribution in [0.3, 0.4) is 0 Å². The van der Waals surface area contributed by atoms with Crippen LogP contribution in [0.4, 0.5) is 0 Å². The van der Waals surface area contributed by atoms with Crippen LogP contribution in [0, 0.1) is 6.57 Å². The molecule has 2 aromatic rings. The molecule has 2 N–H and O–H groups in total. The van der Waals surface area contributed by atoms with E-state index in [1.54, 1.807) is 0 Å². The van der Waals surface area contributed by atoms with E-state index < -0.39 is 16.9 Å². The molecule has 0 saturated heterocycles. The van der Waals surface area contributed by atoms with Crippen molar-refractivity contribution in [3.8, 4) is 0 Å². The summed E-state index contributed by atoms with van der Waals surface area (Å²) in [4.78, 5) is 41.4. The van der Waals surface area contributed by atoms with Crippen molar-refractivity contribution in [2.24, 2.45) is 0 Å². The van der Waals surface area contributed by atoms with E-state index in [0.29, 0.717) is 4.68 Å². The molecular weight excluding hydrogens is 308 g/mol. The Morgan fingerprint density at radius 1 is 1.22 bits per heavy atom. The quantitative estimate of drug-likeness (QED) is 0.568. The van der Waals surface area contributed by atoms with E-state index in [1.165, 1.54) is 0 Å². The minimum Gasteiger partial charge on any atom is -0.300 e. The summed E-state index contributed by atoms with van der Waals surface area (Å²) in [6.07, 6.45) is 0. The normalized spacial score (nSPS) is 9.33. The molecule has 0 unspecified atom stereocenters. The van der Waals surface area contributed by atoms with Gasteiger partial charge in [0.15, 0.2) is 5.52 Å². The molecule has 18 heavy (non-hydrogen) atoms. The second-order valence-corrected chi connectivity index (χ2v) is 3.09. The topological polar surface area (TPSA) is 97.0 Å². The fraction of sp³-hybridized carbons (Fsp3) is 0.143. The van der Waals surface area contributed by atoms with Gasteiger partial charge in [0.05, 0.1) is 4.68 Å². The van der Waals surface area contributed by atoms with Crippen molar-refractivity contribution >= 4 is 47.6 Å². The van der Waals surface area contributed by atoms with E-state index in [4.69, 9.17) is 18.2 Å². The van der Waals surface area contributed by atoms with Crippen LogP contribution in [0.5, 0.6) is 0 Å². The lowest BCUT2D eigenvalue weighted by molar-refractivity contribution is 0.748. The first-order chi connectivity index (χ1) is 7.60. The van der Waals surface area contributed by atoms with Gasteiger partial charge in [-0.3, -0.25) is 19.3 Å². The van der Waals surface area contributed by atoms with E-state index in [0.717, 1.165) is 4.57 Å². The maximum Gasteiger partial charge on any atom is 0.402 e. The molecule has 0 atom stereocenters. The molecular formula is C7H6Cl3N5O3. The first-order valence-electron chi connectivity index (χ1n) is 4.01. The highest BCUT2D eigenvalue weighted by molar-refractivity contribution is 6.15. The molecule has 0 bridgehead atoms. The maximum atomic E-state index is 11.6. The molecule has 0 saturated carbocycles. The standard InChI is InChI=1S/C7H4ClN5O3.2ClH/c1-9-13-5(14)3-4(11-6(15)10-3)12(2-8)7(13)16;;/h2H2,(H2,10,11,15);2*1H. The van der Waals surface area contributed by atoms with Crippen LogP contribution in [-0.2, 0) is 6.00 Å². The predicted octanol–water partition coefficient (Wildman–Crippen LogP) is -0.0981. The van der Waals surface area contributed by atoms with Crippen LogP contribution >= 0.6 is 36.4 Å². The Balaban J connectivity index is 0.00000144. The van der Waals surface area contributed by atoms with Crippen molar-refractivity contribution in [2.45, 2.75) is 6.00 Å². The van der Waals surface area contributed by atoms with Gasteiger partial charge in [-0.1, -0.05) is 0 Å². The smallest absolute Gasteiger partial charge is 0.300 e. The van der Waals surface area contributed by atoms with E-state index in [9.17, 15) is 14.4 Å². The summed E-state index contributed by atoms with van der Waals surface area (Å²) >= 11 is 5.51. The zero-order valence-corrected chi connectivity index (χ0v) is 10.9. The number of imidazole rings is 1. The van der Waals surface area contributed by atoms with Crippen molar-refractivity contribution in [3.05, 3.63) is 42.8 Å². The van der Waals surface area contributed by atoms with Crippen LogP contribution in [0.1, 0.15) is 0 Å². The lowest BCUT2D eigenvalue weighted by atomic mass is 10.5. The van der Waals surface area contributed by atoms with Crippen LogP contribution in [-0.4, -0.2) is 19.2 Å². The van der Waals surface area contributed by atoms with Crippen LogP contribution in [0.2, 0.25) is 0 Å². The Bertz CT molecular complexity index is 777. The number of fused-ring (bicyclic) bond motifs is 1. The molecule has 2 rings (SSSR count). The minimum atomic E-state index is -0.891. The van der Waals surface area contributed by atoms with E-state index in [1.807, 2.05) is 0 Å². The third kappa shape index (κ3) is 2.15. The second kappa shape index (κ2) is 5.77. The predicted molar refractivity (Wildman–Crippen MR) is 69.8 cm³/mol. The lowest BCUT2D eigenvalue weighted by Gasteiger charge is -1.99. The Morgan fingerprint density at radius 2 is 1.83 bits per heavy atom. The molecule has 0 fully saturated rings. The fourth-order valence-electron chi connectivity index (χ4n) is 1.33. The molecule has 0 aromatic carbocycles. The molecule has 98 valence electrons. The van der Waals surface area contributed by atoms with Gasteiger partial charge < -0.3 is 0 Å². The third-order valence-corrected chi connectivity index (χ3v) is 2.25. The number of nitrogens with zero attached hydrogens (tertiary/aromatic N) is 3. The van der Waals surface area contributed by atoms with Gasteiger partial charge in [-0.2, -0.15) is 6.57 Å². The molecule has 0 spiro atoms. The second-order valence-electron chi connectivity index (χ2n) is 2.85. The van der Waals surface area contributed by atoms with Crippen molar-refractivity contribution in [1.82, 2.24) is 19.2 Å². The molecule has 11 heteroatoms. The monoisotopic (exact) mass is 313 g/mol. The number of nitrogens with one attached hydrogen (secondary N) is 2. The molecule has 0 aliphatic heterocycles. The number of hydrogen-bond donors (Lipinski definition) is 2. The van der Waals surface area contributed by atoms with Crippen molar-refractivity contribution in [2.75, 3.05) is 0 Å². The third-order valence-electron chi connectivity index (χ3n) is 2.02. The number of aromatic nitrogens is 4. The fourth-order valence-corrected chi connectivity index (χ4v) is 1.55. The van der Waals surface area contributed by atoms with Gasteiger partial charge in [0, 0.05) is 0 Å². The summed E-state index contributed by atoms with van der Waals surface area (Å²) in [5.41, 5.74) is -2.59. The summed E-state index contributed by atoms with van der Waals surface area (Å²) in [7, 11) is 0. The summed E-state index contributed by atoms with van der Waals surface area (Å²) in [6.45, 7) is 6.71. The number of alkyl halides is 1. The summed E-state index contributed by atoms with van der Waals surface area (Å²) in [6, 6.07) is -0.279. The van der Waals surface area contributed by atoms with Gasteiger partial charge in [-0.25, -0.2) is 9.59 Å². The number of halogens is 3. The van der Waals surface area contributed by atoms with E-state index in [-0.39, 0.29) is 42.0 Å². The SMILES string of the molecule is Cl.Cl.[C-]#[N+]n1c(=O)c2[nH]c(=O)[nH]c2n(CCl)c1=O. The number of H-pyrrole nitrogens is 2. The van der Waals surface area contributed by atoms with Crippen molar-refractivity contribution in [3.63, 3.8) is 0 Å². The molecule has 2 heterocycles. The number of rotatable bonds is 1. The Kier molecular flexibility index (Phi) is 5.23. The van der Waals surface area contributed by atoms with Crippen molar-refractivity contribution < 1.29 is 0 Å². The van der Waals surface area contributed by atoms with Gasteiger partial charge in [-0.15, -0.1) is 41.4 Å². The highest BCUT2D eigenvalue weighted by atomic mass is 35.5. The summed E-state index contributed by atoms with van der Waals surface area (Å²) in [5.74, 6) is 0. The molecule has 0 amide bonds. The summed E-state index contributed by atoms with van der Waals surface area (Å²) < 4.78 is 1.21. The Hall–Kier alpha value is -1.69. The zero-order chi connectivity index (χ0) is 11.9. The molecule has 0 aliphatic rings. The molecule has 0 radical (unpaired) electrons. The van der Waals surface area contributed by atoms with Gasteiger partial charge in [0.1, 0.15) is 11.7 Å². The van der Waals surface area contributed by atoms with Gasteiger partial charge in [0.2, 0.25) is 0 Å². The maximum absolute atomic E-state index is 11.6. The highest BCUT2D eigenvalue weighted by Crippen LogP contribution is 1.99. The van der Waals surface area contributed by atoms with Gasteiger partial charge in [-0.05, 0) is 0 Å². The number of hydrogen-bond acceptors (Lipinski definition) is 3. The van der Waals surface area contributed by atoms with Crippen LogP contribution < -0.4 is 16.9 Å². The lowest BCUT2D eigenvalue weighted by Crippen LogP contribution is -2.36. The zero-order valence-electron chi connectivity index (χ0n) is 8.47. The highest BCUT2D eigenvalue weighted by Gasteiger charge is 2.17. The average Bonchev–Trinajstić information content (AvgIpc) is 2.62. The van der Waals surface area contributed by atoms with Crippen LogP contribution in [0.25, 0.3) is 16.1 Å². The molecule has 8 nitrogen and oxygen atoms in total. The first kappa shape index (κ1) is 16.3. The largest absolute Gasteiger partial charge is 0.402 e. The van der Waals surface area contributed by atoms with E-state index >= 15 is 0 Å². The average molecular weight is 315 g/mol. The number of aromatic amines is 2. The Morgan fingerprint density at radius 3 is 2.33 bits per heavy atom. The summed E-state index contributed by atoms with van der Waals surface area (Å²) in [5, 5.41) is 0. The Labute approximate surface area is 116 Å². The first-order valence-corrected chi connectivity index (χ1v) is 4.55. The van der Waals surface area contributed by atoms with Crippen molar-refractivity contribution in [1.29, 1.82) is 0 Å². The van der Waals surface area contributed by atoms with Gasteiger partial charge in [0.25, 0.3) is 0 Å². The van der Waals surface area contributed by atoms with Gasteiger partial charge >= 0.3 is 16.9 Å². The van der Waals surface area contributed by atoms with Crippen LogP contribution in [0.15, 0.2) is 14.4 Å². The van der Waals surface area contributed by atoms with E-state index in [2.05, 4.69) is 14.9 Å².